The van der Waals surface area contributed by atoms with E-state index in [1.165, 1.54) is 0 Å². The number of nitrogens with zero attached hydrogens (tertiary/aromatic N) is 1. The Morgan fingerprint density at radius 1 is 1.07 bits per heavy atom. The highest BCUT2D eigenvalue weighted by atomic mass is 35.5. The highest BCUT2D eigenvalue weighted by molar-refractivity contribution is 6.31. The van der Waals surface area contributed by atoms with E-state index in [1.54, 1.807) is 6.07 Å². The molecule has 1 atom stereocenters. The minimum atomic E-state index is -0.983. The van der Waals surface area contributed by atoms with Gasteiger partial charge in [-0.3, -0.25) is 14.5 Å². The SMILES string of the molecule is CCN(CC)C(CNC(=O)CNC(=O)c1ccc(F)cc1F)c1ccccc1Cl. The molecule has 1 unspecified atom stereocenters. The summed E-state index contributed by atoms with van der Waals surface area (Å²) in [6, 6.07) is 9.94. The second-order valence-corrected chi connectivity index (χ2v) is 6.78. The van der Waals surface area contributed by atoms with Gasteiger partial charge in [-0.05, 0) is 36.9 Å². The van der Waals surface area contributed by atoms with Gasteiger partial charge in [-0.1, -0.05) is 43.6 Å². The quantitative estimate of drug-likeness (QED) is 0.648. The molecule has 2 aromatic carbocycles. The summed E-state index contributed by atoms with van der Waals surface area (Å²) in [5.74, 6) is -2.98. The van der Waals surface area contributed by atoms with Crippen molar-refractivity contribution >= 4 is 23.4 Å². The van der Waals surface area contributed by atoms with Crippen LogP contribution in [0, 0.1) is 11.6 Å². The number of carbonyl (C=O) groups excluding carboxylic acids is 2. The molecule has 0 aliphatic heterocycles. The van der Waals surface area contributed by atoms with Gasteiger partial charge in [0.05, 0.1) is 18.2 Å². The number of nitrogens with one attached hydrogen (secondary N) is 2. The largest absolute Gasteiger partial charge is 0.353 e. The van der Waals surface area contributed by atoms with Crippen LogP contribution >= 0.6 is 11.6 Å². The molecule has 0 saturated heterocycles. The Hall–Kier alpha value is -2.51. The van der Waals surface area contributed by atoms with E-state index in [2.05, 4.69) is 15.5 Å². The summed E-state index contributed by atoms with van der Waals surface area (Å²) in [6.45, 7) is 5.54. The van der Waals surface area contributed by atoms with Gasteiger partial charge in [-0.25, -0.2) is 8.78 Å². The number of halogens is 3. The molecule has 8 heteroatoms. The van der Waals surface area contributed by atoms with Crippen molar-refractivity contribution in [2.45, 2.75) is 19.9 Å². The smallest absolute Gasteiger partial charge is 0.254 e. The first-order valence-electron chi connectivity index (χ1n) is 9.35. The fourth-order valence-electron chi connectivity index (χ4n) is 3.05. The van der Waals surface area contributed by atoms with E-state index in [0.29, 0.717) is 17.6 Å². The van der Waals surface area contributed by atoms with Gasteiger partial charge in [0.1, 0.15) is 11.6 Å². The highest BCUT2D eigenvalue weighted by Crippen LogP contribution is 2.26. The molecule has 29 heavy (non-hydrogen) atoms. The second-order valence-electron chi connectivity index (χ2n) is 6.37. The molecule has 0 heterocycles. The topological polar surface area (TPSA) is 61.4 Å². The Morgan fingerprint density at radius 3 is 2.38 bits per heavy atom. The van der Waals surface area contributed by atoms with Crippen molar-refractivity contribution in [1.29, 1.82) is 0 Å². The maximum absolute atomic E-state index is 13.7. The van der Waals surface area contributed by atoms with Crippen LogP contribution < -0.4 is 10.6 Å². The molecule has 0 aliphatic carbocycles. The minimum Gasteiger partial charge on any atom is -0.353 e. The van der Waals surface area contributed by atoms with Crippen LogP contribution in [0.3, 0.4) is 0 Å². The van der Waals surface area contributed by atoms with E-state index in [4.69, 9.17) is 11.6 Å². The lowest BCUT2D eigenvalue weighted by atomic mass is 10.0. The maximum Gasteiger partial charge on any atom is 0.254 e. The Kier molecular flexibility index (Phi) is 8.54. The van der Waals surface area contributed by atoms with Crippen molar-refractivity contribution in [3.8, 4) is 0 Å². The minimum absolute atomic E-state index is 0.132. The Balaban J connectivity index is 1.97. The molecule has 0 saturated carbocycles. The Labute approximate surface area is 174 Å². The summed E-state index contributed by atoms with van der Waals surface area (Å²) in [6.07, 6.45) is 0. The molecule has 2 amide bonds. The van der Waals surface area contributed by atoms with E-state index in [1.807, 2.05) is 32.0 Å². The van der Waals surface area contributed by atoms with E-state index < -0.39 is 23.4 Å². The zero-order valence-corrected chi connectivity index (χ0v) is 17.1. The van der Waals surface area contributed by atoms with Crippen LogP contribution in [0.4, 0.5) is 8.78 Å². The van der Waals surface area contributed by atoms with Crippen molar-refractivity contribution in [2.24, 2.45) is 0 Å². The molecule has 0 radical (unpaired) electrons. The molecule has 156 valence electrons. The predicted octanol–water partition coefficient (Wildman–Crippen LogP) is 3.55. The van der Waals surface area contributed by atoms with Gasteiger partial charge < -0.3 is 10.6 Å². The van der Waals surface area contributed by atoms with Crippen LogP contribution in [-0.4, -0.2) is 42.9 Å². The standard InChI is InChI=1S/C21H24ClF2N3O2/c1-3-27(4-2)19(15-7-5-6-8-17(15)22)12-25-20(28)13-26-21(29)16-10-9-14(23)11-18(16)24/h5-11,19H,3-4,12-13H2,1-2H3,(H,25,28)(H,26,29). The lowest BCUT2D eigenvalue weighted by molar-refractivity contribution is -0.120. The Morgan fingerprint density at radius 2 is 1.76 bits per heavy atom. The zero-order chi connectivity index (χ0) is 21.4. The summed E-state index contributed by atoms with van der Waals surface area (Å²) < 4.78 is 26.6. The van der Waals surface area contributed by atoms with Crippen LogP contribution in [0.15, 0.2) is 42.5 Å². The number of amides is 2. The molecule has 0 bridgehead atoms. The van der Waals surface area contributed by atoms with Gasteiger partial charge in [0.15, 0.2) is 0 Å². The van der Waals surface area contributed by atoms with Gasteiger partial charge in [0, 0.05) is 17.6 Å². The molecule has 2 aromatic rings. The maximum atomic E-state index is 13.7. The van der Waals surface area contributed by atoms with Gasteiger partial charge >= 0.3 is 0 Å². The molecule has 0 aliphatic rings. The average molecular weight is 424 g/mol. The third-order valence-corrected chi connectivity index (χ3v) is 4.94. The summed E-state index contributed by atoms with van der Waals surface area (Å²) in [4.78, 5) is 26.4. The summed E-state index contributed by atoms with van der Waals surface area (Å²) >= 11 is 6.33. The molecule has 2 rings (SSSR count). The van der Waals surface area contributed by atoms with Crippen LogP contribution in [0.1, 0.15) is 35.8 Å². The zero-order valence-electron chi connectivity index (χ0n) is 16.3. The normalized spacial score (nSPS) is 11.9. The number of hydrogen-bond donors (Lipinski definition) is 2. The lowest BCUT2D eigenvalue weighted by Gasteiger charge is -2.31. The van der Waals surface area contributed by atoms with E-state index >= 15 is 0 Å². The first-order valence-corrected chi connectivity index (χ1v) is 9.73. The molecule has 2 N–H and O–H groups in total. The molecule has 0 spiro atoms. The van der Waals surface area contributed by atoms with Crippen LogP contribution in [-0.2, 0) is 4.79 Å². The molecule has 5 nitrogen and oxygen atoms in total. The van der Waals surface area contributed by atoms with Crippen molar-refractivity contribution in [3.05, 3.63) is 70.2 Å². The van der Waals surface area contributed by atoms with E-state index in [9.17, 15) is 18.4 Å². The number of likely N-dealkylation sites (N-methyl/N-ethyl adjacent to an activating group) is 1. The van der Waals surface area contributed by atoms with Crippen molar-refractivity contribution in [3.63, 3.8) is 0 Å². The van der Waals surface area contributed by atoms with Crippen molar-refractivity contribution in [2.75, 3.05) is 26.2 Å². The number of rotatable bonds is 9. The molecular formula is C21H24ClF2N3O2. The Bertz CT molecular complexity index is 860. The number of benzene rings is 2. The summed E-state index contributed by atoms with van der Waals surface area (Å²) in [7, 11) is 0. The highest BCUT2D eigenvalue weighted by Gasteiger charge is 2.21. The summed E-state index contributed by atoms with van der Waals surface area (Å²) in [5, 5.41) is 5.73. The fraction of sp³-hybridized carbons (Fsp3) is 0.333. The monoisotopic (exact) mass is 423 g/mol. The van der Waals surface area contributed by atoms with Crippen LogP contribution in [0.5, 0.6) is 0 Å². The third-order valence-electron chi connectivity index (χ3n) is 4.60. The molecule has 0 aromatic heterocycles. The first kappa shape index (κ1) is 22.8. The molecule has 0 fully saturated rings. The molecular weight excluding hydrogens is 400 g/mol. The second kappa shape index (κ2) is 10.9. The van der Waals surface area contributed by atoms with Gasteiger partial charge in [0.2, 0.25) is 5.91 Å². The van der Waals surface area contributed by atoms with Gasteiger partial charge in [0.25, 0.3) is 5.91 Å². The van der Waals surface area contributed by atoms with E-state index in [0.717, 1.165) is 30.8 Å². The first-order chi connectivity index (χ1) is 13.9. The lowest BCUT2D eigenvalue weighted by Crippen LogP contribution is -2.42. The third kappa shape index (κ3) is 6.24. The average Bonchev–Trinajstić information content (AvgIpc) is 2.70. The van der Waals surface area contributed by atoms with Crippen molar-refractivity contribution in [1.82, 2.24) is 15.5 Å². The van der Waals surface area contributed by atoms with Gasteiger partial charge in [-0.15, -0.1) is 0 Å². The predicted molar refractivity (Wildman–Crippen MR) is 109 cm³/mol. The van der Waals surface area contributed by atoms with Gasteiger partial charge in [-0.2, -0.15) is 0 Å². The number of carbonyl (C=O) groups is 2. The summed E-state index contributed by atoms with van der Waals surface area (Å²) in [5.41, 5.74) is 0.576. The van der Waals surface area contributed by atoms with E-state index in [-0.39, 0.29) is 18.2 Å². The van der Waals surface area contributed by atoms with Crippen molar-refractivity contribution < 1.29 is 18.4 Å². The fourth-order valence-corrected chi connectivity index (χ4v) is 3.31. The van der Waals surface area contributed by atoms with Crippen LogP contribution in [0.25, 0.3) is 0 Å². The number of hydrogen-bond acceptors (Lipinski definition) is 3. The van der Waals surface area contributed by atoms with Crippen LogP contribution in [0.2, 0.25) is 5.02 Å².